The van der Waals surface area contributed by atoms with E-state index in [1.807, 2.05) is 51.1 Å². The molecule has 1 aliphatic carbocycles. The van der Waals surface area contributed by atoms with Crippen LogP contribution in [0.4, 0.5) is 10.1 Å². The van der Waals surface area contributed by atoms with Gasteiger partial charge in [0.1, 0.15) is 11.6 Å². The summed E-state index contributed by atoms with van der Waals surface area (Å²) in [6.07, 6.45) is 2.56. The Morgan fingerprint density at radius 3 is 2.52 bits per heavy atom. The number of anilines is 1. The maximum atomic E-state index is 14.1. The molecule has 0 bridgehead atoms. The van der Waals surface area contributed by atoms with Crippen molar-refractivity contribution in [3.05, 3.63) is 71.7 Å². The summed E-state index contributed by atoms with van der Waals surface area (Å²) in [4.78, 5) is 0. The van der Waals surface area contributed by atoms with Crippen LogP contribution in [0.5, 0.6) is 5.75 Å². The van der Waals surface area contributed by atoms with Crippen molar-refractivity contribution in [2.24, 2.45) is 5.92 Å². The number of hydrogen-bond acceptors (Lipinski definition) is 3. The van der Waals surface area contributed by atoms with Crippen LogP contribution >= 0.6 is 0 Å². The van der Waals surface area contributed by atoms with Crippen LogP contribution in [0.25, 0.3) is 0 Å². The molecule has 4 heteroatoms. The van der Waals surface area contributed by atoms with Crippen LogP contribution in [0.15, 0.2) is 54.7 Å². The lowest BCUT2D eigenvalue weighted by Gasteiger charge is -2.21. The van der Waals surface area contributed by atoms with Gasteiger partial charge in [0.15, 0.2) is 0 Å². The first-order chi connectivity index (χ1) is 13.1. The minimum atomic E-state index is -0.279. The maximum Gasteiger partial charge on any atom is 0.146 e. The maximum absolute atomic E-state index is 14.1. The van der Waals surface area contributed by atoms with E-state index >= 15 is 0 Å². The summed E-state index contributed by atoms with van der Waals surface area (Å²) in [7, 11) is 1.67. The normalized spacial score (nSPS) is 14.0. The largest absolute Gasteiger partial charge is 0.497 e. The zero-order valence-electron chi connectivity index (χ0n) is 16.8. The molecule has 0 spiro atoms. The third kappa shape index (κ3) is 6.10. The molecule has 27 heavy (non-hydrogen) atoms. The van der Waals surface area contributed by atoms with Crippen LogP contribution in [0, 0.1) is 11.7 Å². The van der Waals surface area contributed by atoms with Crippen LogP contribution < -0.4 is 15.4 Å². The van der Waals surface area contributed by atoms with E-state index in [9.17, 15) is 4.39 Å². The van der Waals surface area contributed by atoms with Crippen LogP contribution in [0.3, 0.4) is 0 Å². The summed E-state index contributed by atoms with van der Waals surface area (Å²) in [6, 6.07) is 13.2. The van der Waals surface area contributed by atoms with Crippen molar-refractivity contribution in [3.8, 4) is 5.75 Å². The highest BCUT2D eigenvalue weighted by Gasteiger charge is 2.24. The molecular weight excluding hydrogens is 339 g/mol. The number of hydrogen-bond donors (Lipinski definition) is 2. The van der Waals surface area contributed by atoms with Crippen molar-refractivity contribution in [1.29, 1.82) is 0 Å². The van der Waals surface area contributed by atoms with Gasteiger partial charge in [-0.1, -0.05) is 38.6 Å². The first kappa shape index (κ1) is 21.0. The fraction of sp³-hybridized carbons (Fsp3) is 0.391. The Bertz CT molecular complexity index is 756. The number of benzene rings is 2. The van der Waals surface area contributed by atoms with Crippen molar-refractivity contribution in [2.45, 2.75) is 39.7 Å². The minimum absolute atomic E-state index is 0.0121. The topological polar surface area (TPSA) is 33.3 Å². The Morgan fingerprint density at radius 1 is 1.19 bits per heavy atom. The molecule has 0 aromatic heterocycles. The van der Waals surface area contributed by atoms with E-state index in [1.165, 1.54) is 18.9 Å². The fourth-order valence-electron chi connectivity index (χ4n) is 2.90. The van der Waals surface area contributed by atoms with Gasteiger partial charge in [-0.15, -0.1) is 0 Å². The molecule has 2 N–H and O–H groups in total. The van der Waals surface area contributed by atoms with Gasteiger partial charge in [-0.25, -0.2) is 4.39 Å². The SMILES string of the molecule is C=C(C)Nc1cc(C(NCC2CC2)c2cccc(OC)c2)ccc1F.CC. The molecule has 0 aliphatic heterocycles. The summed E-state index contributed by atoms with van der Waals surface area (Å²) in [6.45, 7) is 10.6. The number of rotatable bonds is 8. The van der Waals surface area contributed by atoms with Gasteiger partial charge in [-0.2, -0.15) is 0 Å². The molecule has 1 fully saturated rings. The van der Waals surface area contributed by atoms with Gasteiger partial charge in [-0.05, 0) is 67.6 Å². The molecule has 2 aromatic rings. The highest BCUT2D eigenvalue weighted by Crippen LogP contribution is 2.32. The summed E-state index contributed by atoms with van der Waals surface area (Å²) < 4.78 is 19.5. The molecule has 2 aromatic carbocycles. The molecule has 146 valence electrons. The van der Waals surface area contributed by atoms with Gasteiger partial charge in [0.05, 0.1) is 18.8 Å². The fourth-order valence-corrected chi connectivity index (χ4v) is 2.90. The molecule has 3 rings (SSSR count). The third-order valence-electron chi connectivity index (χ3n) is 4.41. The molecular formula is C23H31FN2O. The van der Waals surface area contributed by atoms with Crippen LogP contribution in [0.2, 0.25) is 0 Å². The zero-order chi connectivity index (χ0) is 19.8. The van der Waals surface area contributed by atoms with Gasteiger partial charge in [0.25, 0.3) is 0 Å². The Balaban J connectivity index is 0.00000126. The minimum Gasteiger partial charge on any atom is -0.497 e. The average molecular weight is 371 g/mol. The number of halogens is 1. The third-order valence-corrected chi connectivity index (χ3v) is 4.41. The van der Waals surface area contributed by atoms with Crippen molar-refractivity contribution >= 4 is 5.69 Å². The highest BCUT2D eigenvalue weighted by molar-refractivity contribution is 5.52. The number of nitrogens with one attached hydrogen (secondary N) is 2. The first-order valence-electron chi connectivity index (χ1n) is 9.66. The Kier molecular flexibility index (Phi) is 7.86. The van der Waals surface area contributed by atoms with Crippen molar-refractivity contribution in [1.82, 2.24) is 5.32 Å². The van der Waals surface area contributed by atoms with Crippen LogP contribution in [-0.4, -0.2) is 13.7 Å². The second-order valence-electron chi connectivity index (χ2n) is 6.71. The Morgan fingerprint density at radius 2 is 1.89 bits per heavy atom. The van der Waals surface area contributed by atoms with E-state index in [1.54, 1.807) is 7.11 Å². The lowest BCUT2D eigenvalue weighted by Crippen LogP contribution is -2.24. The van der Waals surface area contributed by atoms with E-state index < -0.39 is 0 Å². The van der Waals surface area contributed by atoms with E-state index in [0.29, 0.717) is 11.4 Å². The van der Waals surface area contributed by atoms with E-state index in [4.69, 9.17) is 4.74 Å². The van der Waals surface area contributed by atoms with Gasteiger partial charge >= 0.3 is 0 Å². The highest BCUT2D eigenvalue weighted by atomic mass is 19.1. The zero-order valence-corrected chi connectivity index (χ0v) is 16.8. The monoisotopic (exact) mass is 370 g/mol. The molecule has 1 atom stereocenters. The second-order valence-corrected chi connectivity index (χ2v) is 6.71. The molecule has 0 radical (unpaired) electrons. The van der Waals surface area contributed by atoms with Crippen molar-refractivity contribution in [3.63, 3.8) is 0 Å². The molecule has 0 saturated heterocycles. The van der Waals surface area contributed by atoms with Crippen molar-refractivity contribution in [2.75, 3.05) is 19.0 Å². The Hall–Kier alpha value is -2.33. The molecule has 1 aliphatic rings. The van der Waals surface area contributed by atoms with Crippen LogP contribution in [-0.2, 0) is 0 Å². The summed E-state index contributed by atoms with van der Waals surface area (Å²) in [5, 5.41) is 6.63. The first-order valence-corrected chi connectivity index (χ1v) is 9.66. The molecule has 1 saturated carbocycles. The van der Waals surface area contributed by atoms with E-state index in [2.05, 4.69) is 23.3 Å². The Labute approximate surface area is 162 Å². The van der Waals surface area contributed by atoms with E-state index in [-0.39, 0.29) is 11.9 Å². The summed E-state index contributed by atoms with van der Waals surface area (Å²) in [5.74, 6) is 1.29. The van der Waals surface area contributed by atoms with Gasteiger partial charge < -0.3 is 15.4 Å². The summed E-state index contributed by atoms with van der Waals surface area (Å²) in [5.41, 5.74) is 3.28. The number of allylic oxidation sites excluding steroid dienone is 1. The standard InChI is InChI=1S/C21H25FN2O.C2H6/c1-14(2)24-20-12-17(9-10-19(20)22)21(23-13-15-7-8-15)16-5-4-6-18(11-16)25-3;1-2/h4-6,9-12,15,21,23-24H,1,7-8,13H2,2-3H3;1-2H3. The quantitative estimate of drug-likeness (QED) is 0.607. The predicted molar refractivity (Wildman–Crippen MR) is 112 cm³/mol. The average Bonchev–Trinajstić information content (AvgIpc) is 3.50. The molecule has 0 heterocycles. The summed E-state index contributed by atoms with van der Waals surface area (Å²) >= 11 is 0. The second kappa shape index (κ2) is 10.1. The van der Waals surface area contributed by atoms with Gasteiger partial charge in [0, 0.05) is 5.70 Å². The molecule has 0 amide bonds. The lowest BCUT2D eigenvalue weighted by atomic mass is 9.97. The number of ether oxygens (including phenoxy) is 1. The van der Waals surface area contributed by atoms with Gasteiger partial charge in [-0.3, -0.25) is 0 Å². The number of methoxy groups -OCH3 is 1. The predicted octanol–water partition coefficient (Wildman–Crippen LogP) is 5.90. The lowest BCUT2D eigenvalue weighted by molar-refractivity contribution is 0.413. The van der Waals surface area contributed by atoms with Crippen LogP contribution in [0.1, 0.15) is 50.8 Å². The smallest absolute Gasteiger partial charge is 0.146 e. The van der Waals surface area contributed by atoms with E-state index in [0.717, 1.165) is 29.3 Å². The molecule has 1 unspecified atom stereocenters. The van der Waals surface area contributed by atoms with Gasteiger partial charge in [0.2, 0.25) is 0 Å². The molecule has 3 nitrogen and oxygen atoms in total. The van der Waals surface area contributed by atoms with Crippen molar-refractivity contribution < 1.29 is 9.13 Å².